The molecule has 0 spiro atoms. The number of methoxy groups -OCH3 is 2. The van der Waals surface area contributed by atoms with E-state index in [1.54, 1.807) is 33.3 Å². The number of hydrogen-bond acceptors (Lipinski definition) is 4. The minimum absolute atomic E-state index is 0.178. The van der Waals surface area contributed by atoms with E-state index in [1.807, 2.05) is 25.1 Å². The summed E-state index contributed by atoms with van der Waals surface area (Å²) < 4.78 is 15.8. The first-order valence-electron chi connectivity index (χ1n) is 6.64. The second kappa shape index (κ2) is 6.35. The molecule has 0 saturated heterocycles. The van der Waals surface area contributed by atoms with Crippen molar-refractivity contribution in [2.45, 2.75) is 19.9 Å². The summed E-state index contributed by atoms with van der Waals surface area (Å²) >= 11 is 0. The zero-order valence-corrected chi connectivity index (χ0v) is 12.6. The van der Waals surface area contributed by atoms with E-state index in [4.69, 9.17) is 13.9 Å². The second-order valence-electron chi connectivity index (χ2n) is 4.72. The van der Waals surface area contributed by atoms with Crippen LogP contribution in [0.2, 0.25) is 0 Å². The van der Waals surface area contributed by atoms with Crippen LogP contribution in [0, 0.1) is 6.92 Å². The SMILES string of the molecule is COc1ccc(C(C)NC(=O)c2ccc(C)o2)cc1OC. The fourth-order valence-corrected chi connectivity index (χ4v) is 2.03. The lowest BCUT2D eigenvalue weighted by Gasteiger charge is -2.16. The number of rotatable bonds is 5. The van der Waals surface area contributed by atoms with E-state index in [9.17, 15) is 4.79 Å². The van der Waals surface area contributed by atoms with Crippen molar-refractivity contribution in [3.63, 3.8) is 0 Å². The van der Waals surface area contributed by atoms with Crippen molar-refractivity contribution in [3.8, 4) is 11.5 Å². The third-order valence-corrected chi connectivity index (χ3v) is 3.22. The molecule has 1 heterocycles. The molecule has 1 amide bonds. The van der Waals surface area contributed by atoms with Crippen molar-refractivity contribution >= 4 is 5.91 Å². The van der Waals surface area contributed by atoms with Gasteiger partial charge in [-0.25, -0.2) is 0 Å². The average molecular weight is 289 g/mol. The average Bonchev–Trinajstić information content (AvgIpc) is 2.93. The van der Waals surface area contributed by atoms with Gasteiger partial charge in [0, 0.05) is 0 Å². The van der Waals surface area contributed by atoms with Gasteiger partial charge in [-0.15, -0.1) is 0 Å². The van der Waals surface area contributed by atoms with Gasteiger partial charge < -0.3 is 19.2 Å². The Labute approximate surface area is 123 Å². The monoisotopic (exact) mass is 289 g/mol. The van der Waals surface area contributed by atoms with Crippen LogP contribution < -0.4 is 14.8 Å². The van der Waals surface area contributed by atoms with Crippen LogP contribution in [-0.2, 0) is 0 Å². The first-order valence-corrected chi connectivity index (χ1v) is 6.64. The van der Waals surface area contributed by atoms with Gasteiger partial charge in [0.1, 0.15) is 5.76 Å². The molecule has 1 aromatic carbocycles. The van der Waals surface area contributed by atoms with Gasteiger partial charge in [-0.2, -0.15) is 0 Å². The molecule has 5 heteroatoms. The Morgan fingerprint density at radius 2 is 1.86 bits per heavy atom. The zero-order chi connectivity index (χ0) is 15.4. The van der Waals surface area contributed by atoms with Crippen LogP contribution in [0.5, 0.6) is 11.5 Å². The minimum Gasteiger partial charge on any atom is -0.493 e. The number of nitrogens with one attached hydrogen (secondary N) is 1. The molecule has 1 aromatic heterocycles. The normalized spacial score (nSPS) is 11.8. The van der Waals surface area contributed by atoms with Crippen LogP contribution in [0.15, 0.2) is 34.7 Å². The summed E-state index contributed by atoms with van der Waals surface area (Å²) in [6, 6.07) is 8.79. The fourth-order valence-electron chi connectivity index (χ4n) is 2.03. The summed E-state index contributed by atoms with van der Waals surface area (Å²) in [7, 11) is 3.17. The van der Waals surface area contributed by atoms with Gasteiger partial charge in [-0.1, -0.05) is 6.07 Å². The smallest absolute Gasteiger partial charge is 0.287 e. The standard InChI is InChI=1S/C16H19NO4/c1-10-5-7-14(21-10)16(18)17-11(2)12-6-8-13(19-3)15(9-12)20-4/h5-9,11H,1-4H3,(H,17,18). The van der Waals surface area contributed by atoms with Gasteiger partial charge in [-0.3, -0.25) is 4.79 Å². The third kappa shape index (κ3) is 3.37. The van der Waals surface area contributed by atoms with Crippen molar-refractivity contribution in [2.24, 2.45) is 0 Å². The Morgan fingerprint density at radius 1 is 1.14 bits per heavy atom. The largest absolute Gasteiger partial charge is 0.493 e. The minimum atomic E-state index is -0.245. The van der Waals surface area contributed by atoms with Crippen LogP contribution in [0.4, 0.5) is 0 Å². The molecule has 5 nitrogen and oxygen atoms in total. The summed E-state index contributed by atoms with van der Waals surface area (Å²) in [5.74, 6) is 2.05. The number of hydrogen-bond donors (Lipinski definition) is 1. The predicted molar refractivity (Wildman–Crippen MR) is 78.9 cm³/mol. The molecule has 2 aromatic rings. The van der Waals surface area contributed by atoms with E-state index in [2.05, 4.69) is 5.32 Å². The van der Waals surface area contributed by atoms with Gasteiger partial charge in [0.15, 0.2) is 17.3 Å². The maximum Gasteiger partial charge on any atom is 0.287 e. The highest BCUT2D eigenvalue weighted by Gasteiger charge is 2.15. The summed E-state index contributed by atoms with van der Waals surface area (Å²) in [6.45, 7) is 3.70. The van der Waals surface area contributed by atoms with Crippen molar-refractivity contribution in [3.05, 3.63) is 47.4 Å². The molecular weight excluding hydrogens is 270 g/mol. The molecule has 2 rings (SSSR count). The van der Waals surface area contributed by atoms with Crippen LogP contribution in [0.25, 0.3) is 0 Å². The molecule has 0 radical (unpaired) electrons. The molecule has 0 aliphatic heterocycles. The molecule has 112 valence electrons. The highest BCUT2D eigenvalue weighted by atomic mass is 16.5. The van der Waals surface area contributed by atoms with Gasteiger partial charge in [0.25, 0.3) is 5.91 Å². The molecule has 0 aliphatic carbocycles. The summed E-state index contributed by atoms with van der Waals surface area (Å²) in [6.07, 6.45) is 0. The van der Waals surface area contributed by atoms with E-state index in [0.29, 0.717) is 23.0 Å². The Hall–Kier alpha value is -2.43. The highest BCUT2D eigenvalue weighted by molar-refractivity contribution is 5.91. The Bertz CT molecular complexity index is 633. The molecule has 21 heavy (non-hydrogen) atoms. The number of furan rings is 1. The lowest BCUT2D eigenvalue weighted by Crippen LogP contribution is -2.26. The number of benzene rings is 1. The Kier molecular flexibility index (Phi) is 4.52. The molecule has 1 atom stereocenters. The van der Waals surface area contributed by atoms with Crippen molar-refractivity contribution in [1.29, 1.82) is 0 Å². The Balaban J connectivity index is 2.13. The molecular formula is C16H19NO4. The highest BCUT2D eigenvalue weighted by Crippen LogP contribution is 2.29. The topological polar surface area (TPSA) is 60.7 Å². The summed E-state index contributed by atoms with van der Waals surface area (Å²) in [5, 5.41) is 2.89. The fraction of sp³-hybridized carbons (Fsp3) is 0.312. The van der Waals surface area contributed by atoms with Crippen LogP contribution in [0.1, 0.15) is 34.8 Å². The van der Waals surface area contributed by atoms with Crippen LogP contribution in [-0.4, -0.2) is 20.1 Å². The van der Waals surface area contributed by atoms with E-state index < -0.39 is 0 Å². The first-order chi connectivity index (χ1) is 10.0. The van der Waals surface area contributed by atoms with E-state index in [-0.39, 0.29) is 11.9 Å². The molecule has 0 aliphatic rings. The third-order valence-electron chi connectivity index (χ3n) is 3.22. The molecule has 0 saturated carbocycles. The number of aryl methyl sites for hydroxylation is 1. The second-order valence-corrected chi connectivity index (χ2v) is 4.72. The van der Waals surface area contributed by atoms with Crippen LogP contribution in [0.3, 0.4) is 0 Å². The maximum atomic E-state index is 12.1. The lowest BCUT2D eigenvalue weighted by molar-refractivity contribution is 0.0910. The summed E-state index contributed by atoms with van der Waals surface area (Å²) in [4.78, 5) is 12.1. The van der Waals surface area contributed by atoms with Gasteiger partial charge in [0.05, 0.1) is 20.3 Å². The molecule has 0 fully saturated rings. The predicted octanol–water partition coefficient (Wildman–Crippen LogP) is 3.10. The lowest BCUT2D eigenvalue weighted by atomic mass is 10.1. The number of ether oxygens (including phenoxy) is 2. The zero-order valence-electron chi connectivity index (χ0n) is 12.6. The van der Waals surface area contributed by atoms with Gasteiger partial charge in [-0.05, 0) is 43.7 Å². The molecule has 1 N–H and O–H groups in total. The molecule has 0 bridgehead atoms. The van der Waals surface area contributed by atoms with Crippen molar-refractivity contribution < 1.29 is 18.7 Å². The number of carbonyl (C=O) groups excluding carboxylic acids is 1. The number of amides is 1. The summed E-state index contributed by atoms with van der Waals surface area (Å²) in [5.41, 5.74) is 0.921. The van der Waals surface area contributed by atoms with Gasteiger partial charge in [0.2, 0.25) is 0 Å². The van der Waals surface area contributed by atoms with E-state index in [1.165, 1.54) is 0 Å². The van der Waals surface area contributed by atoms with E-state index >= 15 is 0 Å². The van der Waals surface area contributed by atoms with Gasteiger partial charge >= 0.3 is 0 Å². The Morgan fingerprint density at radius 3 is 2.43 bits per heavy atom. The van der Waals surface area contributed by atoms with Crippen molar-refractivity contribution in [1.82, 2.24) is 5.32 Å². The quantitative estimate of drug-likeness (QED) is 0.918. The van der Waals surface area contributed by atoms with E-state index in [0.717, 1.165) is 5.56 Å². The van der Waals surface area contributed by atoms with Crippen molar-refractivity contribution in [2.75, 3.05) is 14.2 Å². The molecule has 1 unspecified atom stereocenters. The number of carbonyl (C=O) groups is 1. The van der Waals surface area contributed by atoms with Crippen LogP contribution >= 0.6 is 0 Å². The first kappa shape index (κ1) is 15.0. The maximum absolute atomic E-state index is 12.1.